The SMILES string of the molecule is Cc1cccnc1C(=O)N[C@H](C)CN. The van der Waals surface area contributed by atoms with Gasteiger partial charge in [-0.05, 0) is 25.5 Å². The molecule has 0 aliphatic heterocycles. The molecule has 0 aliphatic carbocycles. The highest BCUT2D eigenvalue weighted by atomic mass is 16.1. The van der Waals surface area contributed by atoms with E-state index in [0.29, 0.717) is 12.2 Å². The van der Waals surface area contributed by atoms with Crippen LogP contribution < -0.4 is 11.1 Å². The Labute approximate surface area is 83.5 Å². The topological polar surface area (TPSA) is 68.0 Å². The molecule has 0 saturated heterocycles. The molecule has 0 unspecified atom stereocenters. The Bertz CT molecular complexity index is 325. The van der Waals surface area contributed by atoms with Crippen molar-refractivity contribution in [1.82, 2.24) is 10.3 Å². The number of nitrogens with zero attached hydrogens (tertiary/aromatic N) is 1. The van der Waals surface area contributed by atoms with E-state index in [-0.39, 0.29) is 11.9 Å². The van der Waals surface area contributed by atoms with Crippen LogP contribution in [0.3, 0.4) is 0 Å². The summed E-state index contributed by atoms with van der Waals surface area (Å²) in [6, 6.07) is 3.64. The zero-order valence-electron chi connectivity index (χ0n) is 8.45. The number of hydrogen-bond acceptors (Lipinski definition) is 3. The summed E-state index contributed by atoms with van der Waals surface area (Å²) in [6.07, 6.45) is 1.61. The number of carbonyl (C=O) groups is 1. The minimum Gasteiger partial charge on any atom is -0.347 e. The van der Waals surface area contributed by atoms with Gasteiger partial charge in [-0.15, -0.1) is 0 Å². The van der Waals surface area contributed by atoms with E-state index < -0.39 is 0 Å². The minimum atomic E-state index is -0.166. The average Bonchev–Trinajstić information content (AvgIpc) is 2.18. The highest BCUT2D eigenvalue weighted by Gasteiger charge is 2.11. The number of amides is 1. The van der Waals surface area contributed by atoms with Crippen LogP contribution in [0, 0.1) is 6.92 Å². The molecule has 1 aromatic heterocycles. The molecule has 1 amide bonds. The molecular formula is C10H15N3O. The molecule has 0 fully saturated rings. The molecule has 0 aliphatic rings. The number of carbonyl (C=O) groups excluding carboxylic acids is 1. The van der Waals surface area contributed by atoms with E-state index in [2.05, 4.69) is 10.3 Å². The number of hydrogen-bond donors (Lipinski definition) is 2. The fourth-order valence-corrected chi connectivity index (χ4v) is 1.07. The lowest BCUT2D eigenvalue weighted by Gasteiger charge is -2.11. The molecule has 14 heavy (non-hydrogen) atoms. The first-order chi connectivity index (χ1) is 6.65. The molecule has 4 heteroatoms. The third-order valence-corrected chi connectivity index (χ3v) is 1.96. The van der Waals surface area contributed by atoms with Gasteiger partial charge in [-0.3, -0.25) is 9.78 Å². The Balaban J connectivity index is 2.75. The summed E-state index contributed by atoms with van der Waals surface area (Å²) < 4.78 is 0. The number of nitrogens with two attached hydrogens (primary N) is 1. The van der Waals surface area contributed by atoms with Gasteiger partial charge in [-0.25, -0.2) is 0 Å². The number of pyridine rings is 1. The van der Waals surface area contributed by atoms with Crippen LogP contribution in [0.25, 0.3) is 0 Å². The fourth-order valence-electron chi connectivity index (χ4n) is 1.07. The zero-order valence-corrected chi connectivity index (χ0v) is 8.45. The second kappa shape index (κ2) is 4.72. The monoisotopic (exact) mass is 193 g/mol. The molecule has 1 atom stereocenters. The Kier molecular flexibility index (Phi) is 3.59. The molecule has 1 aromatic rings. The van der Waals surface area contributed by atoms with Crippen LogP contribution in [-0.4, -0.2) is 23.5 Å². The molecule has 0 spiro atoms. The van der Waals surface area contributed by atoms with E-state index >= 15 is 0 Å². The predicted molar refractivity (Wildman–Crippen MR) is 55.0 cm³/mol. The smallest absolute Gasteiger partial charge is 0.270 e. The van der Waals surface area contributed by atoms with Crippen molar-refractivity contribution in [3.8, 4) is 0 Å². The van der Waals surface area contributed by atoms with Gasteiger partial charge in [0.25, 0.3) is 5.91 Å². The molecular weight excluding hydrogens is 178 g/mol. The number of rotatable bonds is 3. The van der Waals surface area contributed by atoms with Gasteiger partial charge >= 0.3 is 0 Å². The van der Waals surface area contributed by atoms with Crippen LogP contribution in [0.1, 0.15) is 23.0 Å². The molecule has 1 rings (SSSR count). The molecule has 1 heterocycles. The third kappa shape index (κ3) is 2.53. The minimum absolute atomic E-state index is 0.0242. The van der Waals surface area contributed by atoms with Gasteiger partial charge in [0.15, 0.2) is 0 Å². The quantitative estimate of drug-likeness (QED) is 0.733. The van der Waals surface area contributed by atoms with Crippen molar-refractivity contribution in [3.63, 3.8) is 0 Å². The van der Waals surface area contributed by atoms with Gasteiger partial charge in [0.1, 0.15) is 5.69 Å². The standard InChI is InChI=1S/C10H15N3O/c1-7-4-3-5-12-9(7)10(14)13-8(2)6-11/h3-5,8H,6,11H2,1-2H3,(H,13,14)/t8-/m1/s1. The summed E-state index contributed by atoms with van der Waals surface area (Å²) in [5.74, 6) is -0.166. The first-order valence-electron chi connectivity index (χ1n) is 4.57. The van der Waals surface area contributed by atoms with E-state index in [0.717, 1.165) is 5.56 Å². The summed E-state index contributed by atoms with van der Waals surface area (Å²) in [5.41, 5.74) is 6.74. The van der Waals surface area contributed by atoms with E-state index in [1.807, 2.05) is 19.9 Å². The van der Waals surface area contributed by atoms with E-state index in [1.54, 1.807) is 12.3 Å². The number of aryl methyl sites for hydroxylation is 1. The van der Waals surface area contributed by atoms with Crippen LogP contribution in [0.5, 0.6) is 0 Å². The van der Waals surface area contributed by atoms with E-state index in [9.17, 15) is 4.79 Å². The fraction of sp³-hybridized carbons (Fsp3) is 0.400. The number of aromatic nitrogens is 1. The second-order valence-electron chi connectivity index (χ2n) is 3.28. The van der Waals surface area contributed by atoms with Gasteiger partial charge in [0.2, 0.25) is 0 Å². The largest absolute Gasteiger partial charge is 0.347 e. The van der Waals surface area contributed by atoms with Crippen molar-refractivity contribution in [1.29, 1.82) is 0 Å². The summed E-state index contributed by atoms with van der Waals surface area (Å²) in [4.78, 5) is 15.6. The maximum absolute atomic E-state index is 11.6. The van der Waals surface area contributed by atoms with Crippen LogP contribution in [0.4, 0.5) is 0 Å². The number of nitrogens with one attached hydrogen (secondary N) is 1. The van der Waals surface area contributed by atoms with Gasteiger partial charge in [0, 0.05) is 18.8 Å². The summed E-state index contributed by atoms with van der Waals surface area (Å²) in [7, 11) is 0. The van der Waals surface area contributed by atoms with Crippen molar-refractivity contribution >= 4 is 5.91 Å². The van der Waals surface area contributed by atoms with Crippen molar-refractivity contribution in [2.24, 2.45) is 5.73 Å². The highest BCUT2D eigenvalue weighted by Crippen LogP contribution is 2.02. The normalized spacial score (nSPS) is 12.2. The molecule has 3 N–H and O–H groups in total. The van der Waals surface area contributed by atoms with Crippen LogP contribution >= 0.6 is 0 Å². The molecule has 4 nitrogen and oxygen atoms in total. The van der Waals surface area contributed by atoms with Crippen LogP contribution in [0.2, 0.25) is 0 Å². The first kappa shape index (κ1) is 10.7. The summed E-state index contributed by atoms with van der Waals surface area (Å²) in [5, 5.41) is 2.76. The summed E-state index contributed by atoms with van der Waals surface area (Å²) in [6.45, 7) is 4.14. The highest BCUT2D eigenvalue weighted by molar-refractivity contribution is 5.93. The van der Waals surface area contributed by atoms with Crippen molar-refractivity contribution in [3.05, 3.63) is 29.6 Å². The van der Waals surface area contributed by atoms with Gasteiger partial charge < -0.3 is 11.1 Å². The molecule has 0 bridgehead atoms. The lowest BCUT2D eigenvalue weighted by atomic mass is 10.2. The molecule has 0 radical (unpaired) electrons. The predicted octanol–water partition coefficient (Wildman–Crippen LogP) is 0.467. The van der Waals surface area contributed by atoms with Gasteiger partial charge in [-0.1, -0.05) is 6.07 Å². The van der Waals surface area contributed by atoms with Crippen molar-refractivity contribution in [2.45, 2.75) is 19.9 Å². The van der Waals surface area contributed by atoms with Crippen LogP contribution in [-0.2, 0) is 0 Å². The Morgan fingerprint density at radius 2 is 2.43 bits per heavy atom. The van der Waals surface area contributed by atoms with E-state index in [4.69, 9.17) is 5.73 Å². The lowest BCUT2D eigenvalue weighted by Crippen LogP contribution is -2.38. The van der Waals surface area contributed by atoms with E-state index in [1.165, 1.54) is 0 Å². The van der Waals surface area contributed by atoms with Gasteiger partial charge in [-0.2, -0.15) is 0 Å². The molecule has 0 saturated carbocycles. The first-order valence-corrected chi connectivity index (χ1v) is 4.57. The Morgan fingerprint density at radius 1 is 1.71 bits per heavy atom. The average molecular weight is 193 g/mol. The maximum atomic E-state index is 11.6. The summed E-state index contributed by atoms with van der Waals surface area (Å²) >= 11 is 0. The second-order valence-corrected chi connectivity index (χ2v) is 3.28. The zero-order chi connectivity index (χ0) is 10.6. The Morgan fingerprint density at radius 3 is 3.00 bits per heavy atom. The molecule has 76 valence electrons. The van der Waals surface area contributed by atoms with Crippen molar-refractivity contribution in [2.75, 3.05) is 6.54 Å². The molecule has 0 aromatic carbocycles. The Hall–Kier alpha value is -1.42. The lowest BCUT2D eigenvalue weighted by molar-refractivity contribution is 0.0935. The maximum Gasteiger partial charge on any atom is 0.270 e. The van der Waals surface area contributed by atoms with Crippen molar-refractivity contribution < 1.29 is 4.79 Å². The van der Waals surface area contributed by atoms with Gasteiger partial charge in [0.05, 0.1) is 0 Å². The van der Waals surface area contributed by atoms with Crippen LogP contribution in [0.15, 0.2) is 18.3 Å². The third-order valence-electron chi connectivity index (χ3n) is 1.96.